The lowest BCUT2D eigenvalue weighted by atomic mass is 9.96. The molecular formula is C24H34O16. The SMILES string of the molecule is CC(=O)OC[C@H]1O[C@@H](O[C@H]2[C@H](OC(C)=O)[C@H](OC(C)=O)[C@@H](O)O[C@@H]2C)[C@H](OC(C)=O)[C@@H](OC(C)=O)[C@H]1OC(C)=O. The molecule has 2 saturated heterocycles. The molecule has 1 N–H and O–H groups in total. The summed E-state index contributed by atoms with van der Waals surface area (Å²) in [6.07, 6.45) is -14.6. The molecule has 16 heteroatoms. The van der Waals surface area contributed by atoms with Gasteiger partial charge in [0.15, 0.2) is 43.1 Å². The van der Waals surface area contributed by atoms with E-state index in [2.05, 4.69) is 0 Å². The van der Waals surface area contributed by atoms with E-state index in [4.69, 9.17) is 42.6 Å². The van der Waals surface area contributed by atoms with Crippen molar-refractivity contribution in [3.05, 3.63) is 0 Å². The fourth-order valence-electron chi connectivity index (χ4n) is 4.27. The highest BCUT2D eigenvalue weighted by Gasteiger charge is 2.56. The van der Waals surface area contributed by atoms with Gasteiger partial charge in [0.2, 0.25) is 0 Å². The quantitative estimate of drug-likeness (QED) is 0.259. The average Bonchev–Trinajstić information content (AvgIpc) is 2.79. The van der Waals surface area contributed by atoms with Gasteiger partial charge in [-0.1, -0.05) is 0 Å². The van der Waals surface area contributed by atoms with Crippen LogP contribution in [0.2, 0.25) is 0 Å². The summed E-state index contributed by atoms with van der Waals surface area (Å²) in [6, 6.07) is 0. The van der Waals surface area contributed by atoms with Gasteiger partial charge in [-0.3, -0.25) is 28.8 Å². The predicted octanol–water partition coefficient (Wildman–Crippen LogP) is -0.945. The van der Waals surface area contributed by atoms with Crippen molar-refractivity contribution in [3.63, 3.8) is 0 Å². The molecule has 226 valence electrons. The Kier molecular flexibility index (Phi) is 11.8. The minimum absolute atomic E-state index is 0.503. The van der Waals surface area contributed by atoms with E-state index in [-0.39, 0.29) is 0 Å². The van der Waals surface area contributed by atoms with Crippen molar-refractivity contribution in [2.24, 2.45) is 0 Å². The van der Waals surface area contributed by atoms with Gasteiger partial charge in [-0.25, -0.2) is 0 Å². The van der Waals surface area contributed by atoms with E-state index in [9.17, 15) is 33.9 Å². The third-order valence-electron chi connectivity index (χ3n) is 5.59. The zero-order valence-electron chi connectivity index (χ0n) is 23.1. The highest BCUT2D eigenvalue weighted by atomic mass is 16.8. The monoisotopic (exact) mass is 578 g/mol. The average molecular weight is 579 g/mol. The number of aliphatic hydroxyl groups excluding tert-OH is 1. The van der Waals surface area contributed by atoms with Gasteiger partial charge in [-0.15, -0.1) is 0 Å². The van der Waals surface area contributed by atoms with Crippen LogP contribution >= 0.6 is 0 Å². The Balaban J connectivity index is 2.56. The van der Waals surface area contributed by atoms with E-state index >= 15 is 0 Å². The van der Waals surface area contributed by atoms with Gasteiger partial charge in [-0.2, -0.15) is 0 Å². The van der Waals surface area contributed by atoms with Crippen LogP contribution in [0, 0.1) is 0 Å². The Morgan fingerprint density at radius 3 is 1.48 bits per heavy atom. The molecule has 0 aromatic rings. The molecule has 0 aromatic heterocycles. The minimum atomic E-state index is -1.71. The largest absolute Gasteiger partial charge is 0.463 e. The third kappa shape index (κ3) is 9.11. The predicted molar refractivity (Wildman–Crippen MR) is 124 cm³/mol. The maximum Gasteiger partial charge on any atom is 0.303 e. The summed E-state index contributed by atoms with van der Waals surface area (Å²) in [7, 11) is 0. The fourth-order valence-corrected chi connectivity index (χ4v) is 4.27. The summed E-state index contributed by atoms with van der Waals surface area (Å²) in [5, 5.41) is 10.4. The summed E-state index contributed by atoms with van der Waals surface area (Å²) < 4.78 is 48.9. The number of carbonyl (C=O) groups is 6. The van der Waals surface area contributed by atoms with Gasteiger partial charge in [0, 0.05) is 41.5 Å². The van der Waals surface area contributed by atoms with Crippen molar-refractivity contribution in [1.82, 2.24) is 0 Å². The Morgan fingerprint density at radius 2 is 1.00 bits per heavy atom. The molecule has 0 bridgehead atoms. The zero-order chi connectivity index (χ0) is 30.3. The van der Waals surface area contributed by atoms with Crippen molar-refractivity contribution >= 4 is 35.8 Å². The number of esters is 6. The van der Waals surface area contributed by atoms with Crippen LogP contribution in [0.1, 0.15) is 48.5 Å². The number of hydrogen-bond donors (Lipinski definition) is 1. The first kappa shape index (κ1) is 32.9. The first-order valence-electron chi connectivity index (χ1n) is 12.2. The molecule has 0 aliphatic carbocycles. The molecule has 10 atom stereocenters. The van der Waals surface area contributed by atoms with Crippen LogP contribution in [-0.2, 0) is 71.4 Å². The molecule has 16 nitrogen and oxygen atoms in total. The molecule has 0 amide bonds. The molecule has 40 heavy (non-hydrogen) atoms. The van der Waals surface area contributed by atoms with Gasteiger partial charge in [-0.05, 0) is 6.92 Å². The zero-order valence-corrected chi connectivity index (χ0v) is 23.1. The Hall–Kier alpha value is -3.34. The number of carbonyl (C=O) groups excluding carboxylic acids is 6. The normalized spacial score (nSPS) is 33.6. The minimum Gasteiger partial charge on any atom is -0.463 e. The lowest BCUT2D eigenvalue weighted by Crippen LogP contribution is -2.66. The molecule has 0 unspecified atom stereocenters. The lowest BCUT2D eigenvalue weighted by Gasteiger charge is -2.47. The first-order valence-corrected chi connectivity index (χ1v) is 12.2. The van der Waals surface area contributed by atoms with Crippen molar-refractivity contribution in [1.29, 1.82) is 0 Å². The van der Waals surface area contributed by atoms with Crippen LogP contribution in [-0.4, -0.2) is 109 Å². The maximum atomic E-state index is 12.1. The Labute approximate surface area is 229 Å². The number of rotatable bonds is 9. The molecule has 2 fully saturated rings. The Bertz CT molecular complexity index is 965. The first-order chi connectivity index (χ1) is 18.6. The summed E-state index contributed by atoms with van der Waals surface area (Å²) in [6.45, 7) is 7.37. The topological polar surface area (TPSA) is 206 Å². The third-order valence-corrected chi connectivity index (χ3v) is 5.59. The maximum absolute atomic E-state index is 12.1. The van der Waals surface area contributed by atoms with Gasteiger partial charge >= 0.3 is 35.8 Å². The van der Waals surface area contributed by atoms with Gasteiger partial charge in [0.05, 0.1) is 6.10 Å². The second-order valence-electron chi connectivity index (χ2n) is 9.05. The second-order valence-corrected chi connectivity index (χ2v) is 9.05. The smallest absolute Gasteiger partial charge is 0.303 e. The molecule has 2 aliphatic rings. The molecule has 0 spiro atoms. The molecule has 0 saturated carbocycles. The standard InChI is InChI=1S/C24H34O16/c1-9-17(19(35-12(4)27)21(23(31)33-9)37-14(6)29)40-24-22(38-15(7)30)20(36-13(5)28)18(34-11(3)26)16(39-24)8-32-10(2)25/h9,16-24,31H,8H2,1-7H3/t9-,16-,17-,18+,19+,20+,21+,22-,23+,24+/m1/s1. The molecule has 0 aromatic carbocycles. The van der Waals surface area contributed by atoms with Crippen LogP contribution in [0.3, 0.4) is 0 Å². The van der Waals surface area contributed by atoms with Crippen molar-refractivity contribution in [3.8, 4) is 0 Å². The summed E-state index contributed by atoms with van der Waals surface area (Å²) in [5.41, 5.74) is 0. The van der Waals surface area contributed by atoms with E-state index in [1.807, 2.05) is 0 Å². The Morgan fingerprint density at radius 1 is 0.575 bits per heavy atom. The van der Waals surface area contributed by atoms with Crippen LogP contribution < -0.4 is 0 Å². The highest BCUT2D eigenvalue weighted by Crippen LogP contribution is 2.34. The van der Waals surface area contributed by atoms with E-state index < -0.39 is 104 Å². The summed E-state index contributed by atoms with van der Waals surface area (Å²) >= 11 is 0. The van der Waals surface area contributed by atoms with Crippen LogP contribution in [0.25, 0.3) is 0 Å². The second kappa shape index (κ2) is 14.3. The lowest BCUT2D eigenvalue weighted by molar-refractivity contribution is -0.353. The molecular weight excluding hydrogens is 544 g/mol. The van der Waals surface area contributed by atoms with Crippen molar-refractivity contribution < 1.29 is 76.5 Å². The van der Waals surface area contributed by atoms with Crippen molar-refractivity contribution in [2.75, 3.05) is 6.61 Å². The summed E-state index contributed by atoms with van der Waals surface area (Å²) in [4.78, 5) is 71.1. The van der Waals surface area contributed by atoms with Crippen LogP contribution in [0.15, 0.2) is 0 Å². The van der Waals surface area contributed by atoms with E-state index in [1.54, 1.807) is 0 Å². The molecule has 2 rings (SSSR count). The molecule has 2 heterocycles. The van der Waals surface area contributed by atoms with Crippen LogP contribution in [0.5, 0.6) is 0 Å². The fraction of sp³-hybridized carbons (Fsp3) is 0.750. The van der Waals surface area contributed by atoms with E-state index in [1.165, 1.54) is 6.92 Å². The van der Waals surface area contributed by atoms with Gasteiger partial charge in [0.25, 0.3) is 0 Å². The van der Waals surface area contributed by atoms with Gasteiger partial charge < -0.3 is 47.7 Å². The summed E-state index contributed by atoms with van der Waals surface area (Å²) in [5.74, 6) is -4.89. The number of hydrogen-bond acceptors (Lipinski definition) is 16. The van der Waals surface area contributed by atoms with Gasteiger partial charge in [0.1, 0.15) is 18.8 Å². The number of ether oxygens (including phenoxy) is 9. The number of aliphatic hydroxyl groups is 1. The van der Waals surface area contributed by atoms with Crippen LogP contribution in [0.4, 0.5) is 0 Å². The van der Waals surface area contributed by atoms with E-state index in [0.29, 0.717) is 0 Å². The van der Waals surface area contributed by atoms with Crippen molar-refractivity contribution in [2.45, 2.75) is 110 Å². The van der Waals surface area contributed by atoms with E-state index in [0.717, 1.165) is 41.5 Å². The molecule has 0 radical (unpaired) electrons. The highest BCUT2D eigenvalue weighted by molar-refractivity contribution is 5.69. The molecule has 2 aliphatic heterocycles.